The molecule has 0 N–H and O–H groups in total. The summed E-state index contributed by atoms with van der Waals surface area (Å²) >= 11 is 0. The number of allylic oxidation sites excluding steroid dienone is 2. The Kier molecular flexibility index (Phi) is 3.79. The Morgan fingerprint density at radius 2 is 1.89 bits per heavy atom. The Balaban J connectivity index is 0.00000133. The van der Waals surface area contributed by atoms with Gasteiger partial charge in [-0.1, -0.05) is 24.5 Å². The first-order chi connectivity index (χ1) is 8.78. The van der Waals surface area contributed by atoms with Gasteiger partial charge >= 0.3 is 0 Å². The van der Waals surface area contributed by atoms with Crippen molar-refractivity contribution in [2.45, 2.75) is 64.8 Å². The van der Waals surface area contributed by atoms with Gasteiger partial charge in [0.1, 0.15) is 0 Å². The zero-order valence-corrected chi connectivity index (χ0v) is 12.2. The molecular weight excluding hydrogens is 218 g/mol. The second-order valence-corrected chi connectivity index (χ2v) is 6.94. The van der Waals surface area contributed by atoms with Crippen LogP contribution in [0.5, 0.6) is 0 Å². The summed E-state index contributed by atoms with van der Waals surface area (Å²) in [5.74, 6) is 3.03. The van der Waals surface area contributed by atoms with Crippen molar-refractivity contribution >= 4 is 0 Å². The number of fused-ring (bicyclic) bond motifs is 2. The largest absolute Gasteiger partial charge is 0.300 e. The van der Waals surface area contributed by atoms with Crippen molar-refractivity contribution in [3.63, 3.8) is 0 Å². The number of piperidine rings is 1. The third-order valence-corrected chi connectivity index (χ3v) is 6.04. The van der Waals surface area contributed by atoms with Gasteiger partial charge in [-0.15, -0.1) is 0 Å². The van der Waals surface area contributed by atoms with E-state index < -0.39 is 0 Å². The molecule has 3 fully saturated rings. The molecule has 1 heterocycles. The molecule has 0 aromatic heterocycles. The fourth-order valence-corrected chi connectivity index (χ4v) is 4.80. The first kappa shape index (κ1) is 12.7. The molecule has 0 aromatic carbocycles. The number of rotatable bonds is 2. The van der Waals surface area contributed by atoms with E-state index in [1.807, 2.05) is 0 Å². The molecule has 0 amide bonds. The summed E-state index contributed by atoms with van der Waals surface area (Å²) in [7, 11) is 0. The standard InChI is InChI=1S/C17H29N.H2/c1-3-13(2)15-7-9-18(10-8-15)17-12-14-5-4-6-16(17)11-14;/h3,14-17H,4-12H2,1-2H3;1H/b13-3-;/t14-,16?,17+;/m1./s1. The number of hydrogen-bond donors (Lipinski definition) is 0. The van der Waals surface area contributed by atoms with E-state index in [9.17, 15) is 0 Å². The lowest BCUT2D eigenvalue weighted by molar-refractivity contribution is 0.114. The Bertz CT molecular complexity index is 317. The van der Waals surface area contributed by atoms with Crippen LogP contribution in [0, 0.1) is 17.8 Å². The Morgan fingerprint density at radius 1 is 1.11 bits per heavy atom. The molecule has 0 aromatic rings. The second-order valence-electron chi connectivity index (χ2n) is 6.94. The van der Waals surface area contributed by atoms with Gasteiger partial charge in [-0.2, -0.15) is 0 Å². The monoisotopic (exact) mass is 249 g/mol. The number of hydrogen-bond acceptors (Lipinski definition) is 1. The lowest BCUT2D eigenvalue weighted by Gasteiger charge is -2.38. The smallest absolute Gasteiger partial charge is 0.0126 e. The summed E-state index contributed by atoms with van der Waals surface area (Å²) in [6.07, 6.45) is 12.8. The van der Waals surface area contributed by atoms with Gasteiger partial charge in [-0.05, 0) is 76.8 Å². The Morgan fingerprint density at radius 3 is 2.56 bits per heavy atom. The average molecular weight is 249 g/mol. The summed E-state index contributed by atoms with van der Waals surface area (Å²) in [6, 6.07) is 0.962. The molecule has 3 rings (SSSR count). The van der Waals surface area contributed by atoms with Gasteiger partial charge in [-0.3, -0.25) is 0 Å². The molecule has 1 unspecified atom stereocenters. The van der Waals surface area contributed by atoms with Crippen molar-refractivity contribution in [3.05, 3.63) is 11.6 Å². The molecule has 0 radical (unpaired) electrons. The van der Waals surface area contributed by atoms with E-state index in [0.717, 1.165) is 23.8 Å². The van der Waals surface area contributed by atoms with E-state index in [0.29, 0.717) is 0 Å². The summed E-state index contributed by atoms with van der Waals surface area (Å²) in [5, 5.41) is 0. The summed E-state index contributed by atoms with van der Waals surface area (Å²) in [4.78, 5) is 2.86. The third kappa shape index (κ3) is 2.39. The van der Waals surface area contributed by atoms with Gasteiger partial charge in [0.15, 0.2) is 0 Å². The molecule has 1 saturated heterocycles. The molecule has 3 aliphatic rings. The number of likely N-dealkylation sites (tertiary alicyclic amines) is 1. The zero-order chi connectivity index (χ0) is 12.5. The fraction of sp³-hybridized carbons (Fsp3) is 0.882. The lowest BCUT2D eigenvalue weighted by Crippen LogP contribution is -2.43. The van der Waals surface area contributed by atoms with Gasteiger partial charge in [0.05, 0.1) is 0 Å². The highest BCUT2D eigenvalue weighted by atomic mass is 15.2. The summed E-state index contributed by atoms with van der Waals surface area (Å²) < 4.78 is 0. The highest BCUT2D eigenvalue weighted by Gasteiger charge is 2.40. The minimum Gasteiger partial charge on any atom is -0.300 e. The van der Waals surface area contributed by atoms with Crippen LogP contribution in [0.4, 0.5) is 0 Å². The van der Waals surface area contributed by atoms with Crippen molar-refractivity contribution in [2.75, 3.05) is 13.1 Å². The zero-order valence-electron chi connectivity index (χ0n) is 12.2. The number of nitrogens with zero attached hydrogens (tertiary/aromatic N) is 1. The van der Waals surface area contributed by atoms with Crippen LogP contribution in [0.3, 0.4) is 0 Å². The van der Waals surface area contributed by atoms with Crippen LogP contribution >= 0.6 is 0 Å². The normalized spacial score (nSPS) is 39.2. The molecule has 0 spiro atoms. The second kappa shape index (κ2) is 5.36. The van der Waals surface area contributed by atoms with E-state index in [2.05, 4.69) is 24.8 Å². The summed E-state index contributed by atoms with van der Waals surface area (Å²) in [6.45, 7) is 7.25. The Hall–Kier alpha value is -0.300. The van der Waals surface area contributed by atoms with Crippen LogP contribution in [0.1, 0.15) is 60.2 Å². The summed E-state index contributed by atoms with van der Waals surface area (Å²) in [5.41, 5.74) is 1.62. The van der Waals surface area contributed by atoms with Crippen LogP contribution in [-0.4, -0.2) is 24.0 Å². The maximum Gasteiger partial charge on any atom is 0.0126 e. The van der Waals surface area contributed by atoms with Crippen molar-refractivity contribution in [1.29, 1.82) is 0 Å². The highest BCUT2D eigenvalue weighted by molar-refractivity contribution is 5.04. The molecule has 1 nitrogen and oxygen atoms in total. The van der Waals surface area contributed by atoms with Crippen molar-refractivity contribution in [3.8, 4) is 0 Å². The van der Waals surface area contributed by atoms with E-state index >= 15 is 0 Å². The Labute approximate surface area is 114 Å². The van der Waals surface area contributed by atoms with Crippen LogP contribution in [0.25, 0.3) is 0 Å². The first-order valence-electron chi connectivity index (χ1n) is 8.14. The molecule has 2 bridgehead atoms. The van der Waals surface area contributed by atoms with Crippen LogP contribution in [-0.2, 0) is 0 Å². The molecule has 18 heavy (non-hydrogen) atoms. The van der Waals surface area contributed by atoms with E-state index in [1.54, 1.807) is 12.0 Å². The first-order valence-corrected chi connectivity index (χ1v) is 8.14. The predicted molar refractivity (Wildman–Crippen MR) is 79.7 cm³/mol. The molecular formula is C17H31N. The quantitative estimate of drug-likeness (QED) is 0.652. The van der Waals surface area contributed by atoms with E-state index in [4.69, 9.17) is 0 Å². The SMILES string of the molecule is C/C=C(/C)C1CCN([C@H]2C[C@@H]3CCCC2C3)CC1.[HH]. The molecule has 1 aliphatic heterocycles. The molecule has 2 saturated carbocycles. The van der Waals surface area contributed by atoms with Crippen LogP contribution in [0.15, 0.2) is 11.6 Å². The molecule has 1 heteroatoms. The minimum absolute atomic E-state index is 0. The van der Waals surface area contributed by atoms with E-state index in [1.165, 1.54) is 51.6 Å². The van der Waals surface area contributed by atoms with Gasteiger partial charge in [0.2, 0.25) is 0 Å². The van der Waals surface area contributed by atoms with Crippen molar-refractivity contribution < 1.29 is 1.43 Å². The van der Waals surface area contributed by atoms with E-state index in [-0.39, 0.29) is 1.43 Å². The molecule has 3 atom stereocenters. The van der Waals surface area contributed by atoms with Crippen LogP contribution < -0.4 is 0 Å². The van der Waals surface area contributed by atoms with Crippen molar-refractivity contribution in [2.24, 2.45) is 17.8 Å². The van der Waals surface area contributed by atoms with Gasteiger partial charge < -0.3 is 4.90 Å². The maximum atomic E-state index is 2.86. The van der Waals surface area contributed by atoms with Crippen LogP contribution in [0.2, 0.25) is 0 Å². The molecule has 2 aliphatic carbocycles. The van der Waals surface area contributed by atoms with Gasteiger partial charge in [-0.25, -0.2) is 0 Å². The van der Waals surface area contributed by atoms with Crippen molar-refractivity contribution in [1.82, 2.24) is 4.90 Å². The van der Waals surface area contributed by atoms with Gasteiger partial charge in [0, 0.05) is 7.47 Å². The maximum absolute atomic E-state index is 2.86. The topological polar surface area (TPSA) is 3.24 Å². The fourth-order valence-electron chi connectivity index (χ4n) is 4.80. The lowest BCUT2D eigenvalue weighted by atomic mass is 9.86. The molecule has 104 valence electrons. The minimum atomic E-state index is 0. The predicted octanol–water partition coefficient (Wildman–Crippen LogP) is 4.49. The highest BCUT2D eigenvalue weighted by Crippen LogP contribution is 2.45. The average Bonchev–Trinajstić information content (AvgIpc) is 2.72. The van der Waals surface area contributed by atoms with Gasteiger partial charge in [0.25, 0.3) is 0 Å². The third-order valence-electron chi connectivity index (χ3n) is 6.04.